The molecule has 3 heteroatoms. The van der Waals surface area contributed by atoms with Crippen LogP contribution < -0.4 is 0 Å². The molecule has 2 aliphatic carbocycles. The van der Waals surface area contributed by atoms with Crippen molar-refractivity contribution < 1.29 is 14.3 Å². The van der Waals surface area contributed by atoms with Gasteiger partial charge in [-0.1, -0.05) is 60.7 Å². The van der Waals surface area contributed by atoms with Gasteiger partial charge in [0.2, 0.25) is 0 Å². The summed E-state index contributed by atoms with van der Waals surface area (Å²) in [5.41, 5.74) is 4.94. The zero-order valence-electron chi connectivity index (χ0n) is 13.8. The van der Waals surface area contributed by atoms with E-state index in [9.17, 15) is 9.59 Å². The molecule has 0 heterocycles. The van der Waals surface area contributed by atoms with E-state index in [-0.39, 0.29) is 0 Å². The molecule has 0 unspecified atom stereocenters. The molecule has 2 aromatic carbocycles. The minimum Gasteiger partial charge on any atom is -0.386 e. The fourth-order valence-corrected chi connectivity index (χ4v) is 3.55. The molecule has 0 bridgehead atoms. The fourth-order valence-electron chi connectivity index (χ4n) is 3.55. The van der Waals surface area contributed by atoms with Crippen molar-refractivity contribution in [3.63, 3.8) is 0 Å². The number of rotatable bonds is 2. The van der Waals surface area contributed by atoms with Crippen molar-refractivity contribution in [2.24, 2.45) is 0 Å². The molecule has 3 nitrogen and oxygen atoms in total. The maximum Gasteiger partial charge on any atom is 0.346 e. The van der Waals surface area contributed by atoms with Crippen LogP contribution in [0.4, 0.5) is 0 Å². The topological polar surface area (TPSA) is 43.4 Å². The molecule has 0 spiro atoms. The Morgan fingerprint density at radius 1 is 0.680 bits per heavy atom. The van der Waals surface area contributed by atoms with Gasteiger partial charge in [-0.2, -0.15) is 0 Å². The van der Waals surface area contributed by atoms with E-state index in [4.69, 9.17) is 4.74 Å². The largest absolute Gasteiger partial charge is 0.386 e. The van der Waals surface area contributed by atoms with Crippen molar-refractivity contribution in [2.45, 2.75) is 25.7 Å². The number of aryl methyl sites for hydroxylation is 2. The Morgan fingerprint density at radius 3 is 1.60 bits per heavy atom. The van der Waals surface area contributed by atoms with Crippen molar-refractivity contribution in [1.29, 1.82) is 0 Å². The van der Waals surface area contributed by atoms with Crippen LogP contribution in [0.25, 0.3) is 11.1 Å². The van der Waals surface area contributed by atoms with Crippen LogP contribution >= 0.6 is 0 Å². The molecular weight excluding hydrogens is 312 g/mol. The Balaban J connectivity index is 1.57. The zero-order valence-corrected chi connectivity index (χ0v) is 13.8. The fraction of sp³-hybridized carbons (Fsp3) is 0.182. The highest BCUT2D eigenvalue weighted by Gasteiger charge is 2.25. The van der Waals surface area contributed by atoms with E-state index in [0.29, 0.717) is 11.1 Å². The van der Waals surface area contributed by atoms with Crippen molar-refractivity contribution in [3.05, 3.63) is 82.9 Å². The Hall–Kier alpha value is -2.94. The molecule has 0 aromatic heterocycles. The summed E-state index contributed by atoms with van der Waals surface area (Å²) in [7, 11) is 0. The smallest absolute Gasteiger partial charge is 0.346 e. The summed E-state index contributed by atoms with van der Waals surface area (Å²) in [4.78, 5) is 25.2. The first-order valence-electron chi connectivity index (χ1n) is 8.57. The lowest BCUT2D eigenvalue weighted by Crippen LogP contribution is -2.18. The van der Waals surface area contributed by atoms with Crippen LogP contribution in [-0.2, 0) is 27.2 Å². The third kappa shape index (κ3) is 2.93. The molecular formula is C22H18O3. The monoisotopic (exact) mass is 330 g/mol. The number of fused-ring (bicyclic) bond motifs is 2. The normalized spacial score (nSPS) is 15.4. The summed E-state index contributed by atoms with van der Waals surface area (Å²) < 4.78 is 5.23. The van der Waals surface area contributed by atoms with E-state index in [0.717, 1.165) is 47.9 Å². The first kappa shape index (κ1) is 15.6. The van der Waals surface area contributed by atoms with Gasteiger partial charge in [0, 0.05) is 0 Å². The van der Waals surface area contributed by atoms with Crippen LogP contribution in [0.1, 0.15) is 35.1 Å². The van der Waals surface area contributed by atoms with Crippen molar-refractivity contribution >= 4 is 23.1 Å². The third-order valence-electron chi connectivity index (χ3n) is 4.76. The van der Waals surface area contributed by atoms with Gasteiger partial charge in [0.15, 0.2) is 0 Å². The minimum absolute atomic E-state index is 0.486. The molecule has 0 saturated heterocycles. The van der Waals surface area contributed by atoms with E-state index < -0.39 is 11.9 Å². The standard InChI is InChI=1S/C22H18O3/c23-21(19-13-5-9-15-7-1-3-11-17(15)19)25-22(24)20-14-6-10-16-8-2-4-12-18(16)20/h1-4,7-8,11-14H,5-6,9-10H2. The summed E-state index contributed by atoms with van der Waals surface area (Å²) in [6, 6.07) is 15.5. The second kappa shape index (κ2) is 6.52. The average Bonchev–Trinajstić information content (AvgIpc) is 2.67. The summed E-state index contributed by atoms with van der Waals surface area (Å²) in [6.45, 7) is 0. The van der Waals surface area contributed by atoms with Gasteiger partial charge in [0.25, 0.3) is 0 Å². The molecule has 124 valence electrons. The van der Waals surface area contributed by atoms with Gasteiger partial charge in [0.05, 0.1) is 11.1 Å². The Morgan fingerprint density at radius 2 is 1.12 bits per heavy atom. The predicted molar refractivity (Wildman–Crippen MR) is 96.6 cm³/mol. The SMILES string of the molecule is O=C(OC(=O)C1=CCCc2ccccc21)C1=CCCc2ccccc21. The number of allylic oxidation sites excluding steroid dienone is 2. The highest BCUT2D eigenvalue weighted by Crippen LogP contribution is 2.30. The molecule has 2 aromatic rings. The maximum atomic E-state index is 12.6. The zero-order chi connectivity index (χ0) is 17.2. The van der Waals surface area contributed by atoms with Gasteiger partial charge in [0.1, 0.15) is 0 Å². The molecule has 0 saturated carbocycles. The van der Waals surface area contributed by atoms with Gasteiger partial charge < -0.3 is 4.74 Å². The van der Waals surface area contributed by atoms with Gasteiger partial charge in [-0.25, -0.2) is 9.59 Å². The van der Waals surface area contributed by atoms with Crippen LogP contribution in [0.2, 0.25) is 0 Å². The summed E-state index contributed by atoms with van der Waals surface area (Å²) >= 11 is 0. The maximum absolute atomic E-state index is 12.6. The van der Waals surface area contributed by atoms with Crippen LogP contribution in [0.5, 0.6) is 0 Å². The minimum atomic E-state index is -0.568. The number of ether oxygens (including phenoxy) is 1. The van der Waals surface area contributed by atoms with Crippen LogP contribution in [-0.4, -0.2) is 11.9 Å². The van der Waals surface area contributed by atoms with Crippen molar-refractivity contribution in [2.75, 3.05) is 0 Å². The second-order valence-electron chi connectivity index (χ2n) is 6.30. The lowest BCUT2D eigenvalue weighted by Gasteiger charge is -2.18. The van der Waals surface area contributed by atoms with Crippen molar-refractivity contribution in [3.8, 4) is 0 Å². The number of esters is 2. The van der Waals surface area contributed by atoms with E-state index in [2.05, 4.69) is 0 Å². The predicted octanol–water partition coefficient (Wildman–Crippen LogP) is 4.12. The first-order valence-corrected chi connectivity index (χ1v) is 8.57. The van der Waals surface area contributed by atoms with Crippen LogP contribution in [0, 0.1) is 0 Å². The molecule has 0 radical (unpaired) electrons. The summed E-state index contributed by atoms with van der Waals surface area (Å²) in [6.07, 6.45) is 7.09. The molecule has 0 atom stereocenters. The molecule has 0 amide bonds. The molecule has 4 rings (SSSR count). The Bertz CT molecular complexity index is 843. The summed E-state index contributed by atoms with van der Waals surface area (Å²) in [5.74, 6) is -1.14. The Labute approximate surface area is 146 Å². The number of carbonyl (C=O) groups excluding carboxylic acids is 2. The molecule has 0 N–H and O–H groups in total. The molecule has 0 fully saturated rings. The van der Waals surface area contributed by atoms with Gasteiger partial charge in [-0.3, -0.25) is 0 Å². The number of hydrogen-bond donors (Lipinski definition) is 0. The van der Waals surface area contributed by atoms with Crippen LogP contribution in [0.15, 0.2) is 60.7 Å². The van der Waals surface area contributed by atoms with Gasteiger partial charge in [-0.05, 0) is 47.9 Å². The number of carbonyl (C=O) groups is 2. The van der Waals surface area contributed by atoms with E-state index in [1.165, 1.54) is 0 Å². The van der Waals surface area contributed by atoms with E-state index >= 15 is 0 Å². The number of hydrogen-bond acceptors (Lipinski definition) is 3. The number of benzene rings is 2. The van der Waals surface area contributed by atoms with Gasteiger partial charge in [-0.15, -0.1) is 0 Å². The second-order valence-corrected chi connectivity index (χ2v) is 6.30. The van der Waals surface area contributed by atoms with Crippen molar-refractivity contribution in [1.82, 2.24) is 0 Å². The Kier molecular flexibility index (Phi) is 4.06. The quantitative estimate of drug-likeness (QED) is 0.614. The highest BCUT2D eigenvalue weighted by atomic mass is 16.6. The van der Waals surface area contributed by atoms with E-state index in [1.807, 2.05) is 60.7 Å². The third-order valence-corrected chi connectivity index (χ3v) is 4.76. The van der Waals surface area contributed by atoms with E-state index in [1.54, 1.807) is 0 Å². The molecule has 0 aliphatic heterocycles. The van der Waals surface area contributed by atoms with Crippen LogP contribution in [0.3, 0.4) is 0 Å². The highest BCUT2D eigenvalue weighted by molar-refractivity contribution is 6.26. The molecule has 2 aliphatic rings. The molecule has 25 heavy (non-hydrogen) atoms. The lowest BCUT2D eigenvalue weighted by atomic mass is 9.90. The average molecular weight is 330 g/mol. The van der Waals surface area contributed by atoms with Gasteiger partial charge >= 0.3 is 11.9 Å². The first-order chi connectivity index (χ1) is 12.2. The summed E-state index contributed by atoms with van der Waals surface area (Å²) in [5, 5.41) is 0. The lowest BCUT2D eigenvalue weighted by molar-refractivity contribution is -0.151.